The summed E-state index contributed by atoms with van der Waals surface area (Å²) in [5.74, 6) is 0.0752. The van der Waals surface area contributed by atoms with E-state index in [1.807, 2.05) is 60.7 Å². The third-order valence-corrected chi connectivity index (χ3v) is 2.07. The van der Waals surface area contributed by atoms with Crippen LogP contribution in [0.2, 0.25) is 0 Å². The van der Waals surface area contributed by atoms with Gasteiger partial charge in [-0.15, -0.1) is 0 Å². The Morgan fingerprint density at radius 2 is 1.06 bits per heavy atom. The van der Waals surface area contributed by atoms with Crippen LogP contribution in [0.25, 0.3) is 0 Å². The number of ketones is 1. The lowest BCUT2D eigenvalue weighted by Crippen LogP contribution is -1.99. The van der Waals surface area contributed by atoms with Crippen LogP contribution in [-0.2, 0) is 0 Å². The molecule has 0 fully saturated rings. The first-order valence-corrected chi connectivity index (χ1v) is 4.97. The maximum atomic E-state index is 11.8. The molecule has 1 N–H and O–H groups in total. The third kappa shape index (κ3) is 3.04. The fraction of sp³-hybridized carbons (Fsp3) is 0.0714. The number of hydrogen-bond acceptors (Lipinski definition) is 2. The average Bonchev–Trinajstić information content (AvgIpc) is 2.42. The molecule has 0 radical (unpaired) electrons. The van der Waals surface area contributed by atoms with E-state index in [-0.39, 0.29) is 5.78 Å². The van der Waals surface area contributed by atoms with Gasteiger partial charge in [0.25, 0.3) is 0 Å². The van der Waals surface area contributed by atoms with E-state index in [2.05, 4.69) is 0 Å². The molecule has 0 amide bonds. The van der Waals surface area contributed by atoms with E-state index < -0.39 is 0 Å². The summed E-state index contributed by atoms with van der Waals surface area (Å²) in [6.45, 7) is 0. The lowest BCUT2D eigenvalue weighted by molar-refractivity contribution is 0.103. The highest BCUT2D eigenvalue weighted by molar-refractivity contribution is 6.08. The molecule has 2 nitrogen and oxygen atoms in total. The van der Waals surface area contributed by atoms with Gasteiger partial charge in [0.05, 0.1) is 0 Å². The summed E-state index contributed by atoms with van der Waals surface area (Å²) in [6, 6.07) is 18.6. The largest absolute Gasteiger partial charge is 0.400 e. The molecule has 16 heavy (non-hydrogen) atoms. The number of carbonyl (C=O) groups is 1. The minimum atomic E-state index is 0.0752. The first-order chi connectivity index (χ1) is 7.88. The highest BCUT2D eigenvalue weighted by Gasteiger charge is 2.06. The summed E-state index contributed by atoms with van der Waals surface area (Å²) in [7, 11) is 1.00. The van der Waals surface area contributed by atoms with Crippen molar-refractivity contribution in [3.8, 4) is 0 Å². The van der Waals surface area contributed by atoms with E-state index in [1.165, 1.54) is 0 Å². The van der Waals surface area contributed by atoms with Crippen LogP contribution >= 0.6 is 0 Å². The normalized spacial score (nSPS) is 8.88. The van der Waals surface area contributed by atoms with Gasteiger partial charge in [0.1, 0.15) is 0 Å². The molecule has 0 aliphatic carbocycles. The summed E-state index contributed by atoms with van der Waals surface area (Å²) in [5, 5.41) is 7.00. The Morgan fingerprint density at radius 3 is 1.38 bits per heavy atom. The summed E-state index contributed by atoms with van der Waals surface area (Å²) in [6.07, 6.45) is 0. The molecule has 0 aromatic heterocycles. The van der Waals surface area contributed by atoms with Crippen molar-refractivity contribution in [1.82, 2.24) is 0 Å². The SMILES string of the molecule is CO.O=C(c1ccccc1)c1ccccc1. The lowest BCUT2D eigenvalue weighted by atomic mass is 10.0. The monoisotopic (exact) mass is 214 g/mol. The third-order valence-electron chi connectivity index (χ3n) is 2.07. The maximum absolute atomic E-state index is 11.8. The molecule has 0 spiro atoms. The standard InChI is InChI=1S/C13H10O.CH4O/c14-13(11-7-3-1-4-8-11)12-9-5-2-6-10-12;1-2/h1-10H;2H,1H3. The van der Waals surface area contributed by atoms with Crippen LogP contribution in [0.15, 0.2) is 60.7 Å². The van der Waals surface area contributed by atoms with Crippen LogP contribution in [0.5, 0.6) is 0 Å². The zero-order valence-corrected chi connectivity index (χ0v) is 9.13. The van der Waals surface area contributed by atoms with Gasteiger partial charge in [-0.2, -0.15) is 0 Å². The molecule has 0 aliphatic rings. The molecule has 0 atom stereocenters. The molecule has 0 unspecified atom stereocenters. The Labute approximate surface area is 95.2 Å². The molecular formula is C14H14O2. The zero-order valence-electron chi connectivity index (χ0n) is 9.13. The van der Waals surface area contributed by atoms with E-state index >= 15 is 0 Å². The molecule has 2 rings (SSSR count). The fourth-order valence-corrected chi connectivity index (χ4v) is 1.35. The number of aliphatic hydroxyl groups is 1. The molecule has 0 aliphatic heterocycles. The Morgan fingerprint density at radius 1 is 0.750 bits per heavy atom. The van der Waals surface area contributed by atoms with Crippen molar-refractivity contribution in [2.45, 2.75) is 0 Å². The van der Waals surface area contributed by atoms with Crippen molar-refractivity contribution in [3.05, 3.63) is 71.8 Å². The predicted molar refractivity (Wildman–Crippen MR) is 64.5 cm³/mol. The van der Waals surface area contributed by atoms with Crippen molar-refractivity contribution >= 4 is 5.78 Å². The smallest absolute Gasteiger partial charge is 0.193 e. The summed E-state index contributed by atoms with van der Waals surface area (Å²) >= 11 is 0. The van der Waals surface area contributed by atoms with Crippen LogP contribution < -0.4 is 0 Å². The van der Waals surface area contributed by atoms with Crippen molar-refractivity contribution in [3.63, 3.8) is 0 Å². The molecule has 0 bridgehead atoms. The molecular weight excluding hydrogens is 200 g/mol. The molecule has 2 aromatic rings. The van der Waals surface area contributed by atoms with Gasteiger partial charge in [0.2, 0.25) is 0 Å². The second-order valence-electron chi connectivity index (χ2n) is 3.06. The van der Waals surface area contributed by atoms with Crippen molar-refractivity contribution < 1.29 is 9.90 Å². The molecule has 2 heteroatoms. The van der Waals surface area contributed by atoms with Gasteiger partial charge < -0.3 is 5.11 Å². The van der Waals surface area contributed by atoms with Crippen molar-refractivity contribution in [2.24, 2.45) is 0 Å². The summed E-state index contributed by atoms with van der Waals surface area (Å²) in [4.78, 5) is 11.8. The quantitative estimate of drug-likeness (QED) is 0.780. The first-order valence-electron chi connectivity index (χ1n) is 4.97. The van der Waals surface area contributed by atoms with E-state index in [0.717, 1.165) is 18.2 Å². The van der Waals surface area contributed by atoms with E-state index in [4.69, 9.17) is 5.11 Å². The number of benzene rings is 2. The minimum absolute atomic E-state index is 0.0752. The van der Waals surface area contributed by atoms with E-state index in [9.17, 15) is 4.79 Å². The first kappa shape index (κ1) is 12.1. The average molecular weight is 214 g/mol. The van der Waals surface area contributed by atoms with Gasteiger partial charge in [-0.1, -0.05) is 60.7 Å². The van der Waals surface area contributed by atoms with Crippen LogP contribution in [0, 0.1) is 0 Å². The van der Waals surface area contributed by atoms with Crippen LogP contribution in [0.4, 0.5) is 0 Å². The van der Waals surface area contributed by atoms with Crippen molar-refractivity contribution in [1.29, 1.82) is 0 Å². The number of aliphatic hydroxyl groups excluding tert-OH is 1. The van der Waals surface area contributed by atoms with Crippen LogP contribution in [0.1, 0.15) is 15.9 Å². The summed E-state index contributed by atoms with van der Waals surface area (Å²) in [5.41, 5.74) is 1.47. The topological polar surface area (TPSA) is 37.3 Å². The zero-order chi connectivity index (χ0) is 11.8. The highest BCUT2D eigenvalue weighted by atomic mass is 16.2. The molecule has 0 heterocycles. The second kappa shape index (κ2) is 6.53. The van der Waals surface area contributed by atoms with Gasteiger partial charge in [-0.3, -0.25) is 4.79 Å². The van der Waals surface area contributed by atoms with Gasteiger partial charge >= 0.3 is 0 Å². The number of rotatable bonds is 2. The van der Waals surface area contributed by atoms with E-state index in [1.54, 1.807) is 0 Å². The lowest BCUT2D eigenvalue weighted by Gasteiger charge is -1.99. The molecule has 82 valence electrons. The second-order valence-corrected chi connectivity index (χ2v) is 3.06. The summed E-state index contributed by atoms with van der Waals surface area (Å²) < 4.78 is 0. The van der Waals surface area contributed by atoms with E-state index in [0.29, 0.717) is 0 Å². The predicted octanol–water partition coefficient (Wildman–Crippen LogP) is 2.53. The van der Waals surface area contributed by atoms with Crippen LogP contribution in [-0.4, -0.2) is 18.0 Å². The van der Waals surface area contributed by atoms with Gasteiger partial charge in [-0.25, -0.2) is 0 Å². The number of hydrogen-bond donors (Lipinski definition) is 1. The van der Waals surface area contributed by atoms with Crippen molar-refractivity contribution in [2.75, 3.05) is 7.11 Å². The van der Waals surface area contributed by atoms with Gasteiger partial charge in [0, 0.05) is 18.2 Å². The van der Waals surface area contributed by atoms with Gasteiger partial charge in [0.15, 0.2) is 5.78 Å². The van der Waals surface area contributed by atoms with Crippen LogP contribution in [0.3, 0.4) is 0 Å². The Hall–Kier alpha value is -1.93. The number of carbonyl (C=O) groups excluding carboxylic acids is 1. The minimum Gasteiger partial charge on any atom is -0.400 e. The molecule has 0 saturated carbocycles. The fourth-order valence-electron chi connectivity index (χ4n) is 1.35. The Bertz CT molecular complexity index is 380. The molecule has 0 saturated heterocycles. The Kier molecular flexibility index (Phi) is 4.96. The maximum Gasteiger partial charge on any atom is 0.193 e. The molecule has 2 aromatic carbocycles. The van der Waals surface area contributed by atoms with Gasteiger partial charge in [-0.05, 0) is 0 Å². The Balaban J connectivity index is 0.000000606. The highest BCUT2D eigenvalue weighted by Crippen LogP contribution is 2.08.